The summed E-state index contributed by atoms with van der Waals surface area (Å²) in [5.74, 6) is 0.844. The van der Waals surface area contributed by atoms with Crippen LogP contribution in [0.5, 0.6) is 0 Å². The molecule has 1 unspecified atom stereocenters. The van der Waals surface area contributed by atoms with Crippen LogP contribution in [0.15, 0.2) is 18.2 Å². The van der Waals surface area contributed by atoms with Gasteiger partial charge in [-0.15, -0.1) is 0 Å². The molecule has 0 saturated carbocycles. The fraction of sp³-hybridized carbons (Fsp3) is 0.500. The minimum Gasteiger partial charge on any atom is -0.348 e. The molecule has 23 heavy (non-hydrogen) atoms. The Morgan fingerprint density at radius 2 is 2.13 bits per heavy atom. The third-order valence-corrected chi connectivity index (χ3v) is 5.98. The molecule has 1 amide bonds. The topological polar surface area (TPSA) is 81.1 Å². The Balaban J connectivity index is 1.85. The Bertz CT molecular complexity index is 868. The van der Waals surface area contributed by atoms with Crippen molar-refractivity contribution in [1.82, 2.24) is 14.9 Å². The number of imidazole rings is 1. The van der Waals surface area contributed by atoms with Gasteiger partial charge in [0.2, 0.25) is 0 Å². The van der Waals surface area contributed by atoms with Crippen molar-refractivity contribution in [2.75, 3.05) is 11.5 Å². The van der Waals surface area contributed by atoms with Gasteiger partial charge in [-0.2, -0.15) is 0 Å². The second-order valence-corrected chi connectivity index (χ2v) is 8.63. The van der Waals surface area contributed by atoms with E-state index < -0.39 is 9.84 Å². The number of amides is 1. The molecule has 1 aliphatic rings. The molecule has 3 rings (SSSR count). The molecule has 0 aliphatic carbocycles. The number of hydrogen-bond donors (Lipinski definition) is 1. The van der Waals surface area contributed by atoms with E-state index in [9.17, 15) is 13.2 Å². The predicted octanol–water partition coefficient (Wildman–Crippen LogP) is 1.84. The molecule has 7 heteroatoms. The number of aromatic nitrogens is 2. The third kappa shape index (κ3) is 3.10. The largest absolute Gasteiger partial charge is 0.348 e. The van der Waals surface area contributed by atoms with E-state index in [1.165, 1.54) is 0 Å². The number of carbonyl (C=O) groups excluding carboxylic acids is 1. The average molecular weight is 335 g/mol. The maximum atomic E-state index is 12.3. The molecule has 1 aliphatic heterocycles. The molecule has 0 radical (unpaired) electrons. The van der Waals surface area contributed by atoms with Crippen LogP contribution >= 0.6 is 0 Å². The molecule has 1 aromatic carbocycles. The van der Waals surface area contributed by atoms with Gasteiger partial charge in [-0.3, -0.25) is 4.79 Å². The summed E-state index contributed by atoms with van der Waals surface area (Å²) >= 11 is 0. The van der Waals surface area contributed by atoms with E-state index in [1.807, 2.05) is 13.0 Å². The SMILES string of the molecule is Cc1nc2cc(C(=O)NC3CCS(=O)(=O)C3)ccc2n1C(C)C. The molecule has 124 valence electrons. The highest BCUT2D eigenvalue weighted by Gasteiger charge is 2.29. The number of nitrogens with one attached hydrogen (secondary N) is 1. The van der Waals surface area contributed by atoms with Gasteiger partial charge in [0.25, 0.3) is 5.91 Å². The minimum atomic E-state index is -3.00. The molecule has 0 spiro atoms. The molecule has 1 aromatic heterocycles. The zero-order valence-corrected chi connectivity index (χ0v) is 14.4. The fourth-order valence-corrected chi connectivity index (χ4v) is 4.86. The van der Waals surface area contributed by atoms with Crippen molar-refractivity contribution in [3.8, 4) is 0 Å². The molecule has 6 nitrogen and oxygen atoms in total. The molecule has 0 bridgehead atoms. The molecular formula is C16H21N3O3S. The quantitative estimate of drug-likeness (QED) is 0.928. The van der Waals surface area contributed by atoms with Crippen LogP contribution in [0.1, 0.15) is 42.5 Å². The van der Waals surface area contributed by atoms with Gasteiger partial charge in [0.15, 0.2) is 9.84 Å². The third-order valence-electron chi connectivity index (χ3n) is 4.21. The van der Waals surface area contributed by atoms with Crippen LogP contribution in [0.4, 0.5) is 0 Å². The lowest BCUT2D eigenvalue weighted by atomic mass is 10.1. The summed E-state index contributed by atoms with van der Waals surface area (Å²) in [4.78, 5) is 16.9. The Morgan fingerprint density at radius 3 is 2.74 bits per heavy atom. The van der Waals surface area contributed by atoms with Gasteiger partial charge < -0.3 is 9.88 Å². The molecule has 2 heterocycles. The van der Waals surface area contributed by atoms with Crippen LogP contribution in [0.2, 0.25) is 0 Å². The Kier molecular flexibility index (Phi) is 3.91. The van der Waals surface area contributed by atoms with Crippen LogP contribution in [-0.4, -0.2) is 41.4 Å². The van der Waals surface area contributed by atoms with Gasteiger partial charge in [0.05, 0.1) is 22.5 Å². The van der Waals surface area contributed by atoms with Gasteiger partial charge in [-0.25, -0.2) is 13.4 Å². The van der Waals surface area contributed by atoms with Crippen molar-refractivity contribution in [2.45, 2.75) is 39.3 Å². The number of aryl methyl sites for hydroxylation is 1. The Morgan fingerprint density at radius 1 is 1.39 bits per heavy atom. The zero-order valence-electron chi connectivity index (χ0n) is 13.5. The van der Waals surface area contributed by atoms with Crippen LogP contribution in [-0.2, 0) is 9.84 Å². The fourth-order valence-electron chi connectivity index (χ4n) is 3.19. The van der Waals surface area contributed by atoms with Gasteiger partial charge in [-0.05, 0) is 45.4 Å². The number of rotatable bonds is 3. The van der Waals surface area contributed by atoms with Crippen LogP contribution in [0, 0.1) is 6.92 Å². The van der Waals surface area contributed by atoms with Crippen molar-refractivity contribution in [3.63, 3.8) is 0 Å². The Labute approximate surface area is 135 Å². The minimum absolute atomic E-state index is 0.0298. The lowest BCUT2D eigenvalue weighted by Gasteiger charge is -2.12. The summed E-state index contributed by atoms with van der Waals surface area (Å²) in [5.41, 5.74) is 2.29. The second-order valence-electron chi connectivity index (χ2n) is 6.40. The molecule has 1 N–H and O–H groups in total. The summed E-state index contributed by atoms with van der Waals surface area (Å²) in [6.45, 7) is 6.13. The molecule has 1 fully saturated rings. The van der Waals surface area contributed by atoms with E-state index in [1.54, 1.807) is 12.1 Å². The molecule has 1 saturated heterocycles. The van der Waals surface area contributed by atoms with E-state index in [0.717, 1.165) is 16.9 Å². The number of nitrogens with zero attached hydrogens (tertiary/aromatic N) is 2. The van der Waals surface area contributed by atoms with Gasteiger partial charge in [0, 0.05) is 17.6 Å². The normalized spacial score (nSPS) is 20.3. The number of fused-ring (bicyclic) bond motifs is 1. The number of benzene rings is 1. The standard InChI is InChI=1S/C16H21N3O3S/c1-10(2)19-11(3)17-14-8-12(4-5-15(14)19)16(20)18-13-6-7-23(21,22)9-13/h4-5,8,10,13H,6-7,9H2,1-3H3,(H,18,20). The van der Waals surface area contributed by atoms with Crippen molar-refractivity contribution in [1.29, 1.82) is 0 Å². The molecular weight excluding hydrogens is 314 g/mol. The van der Waals surface area contributed by atoms with Crippen molar-refractivity contribution in [3.05, 3.63) is 29.6 Å². The van der Waals surface area contributed by atoms with Gasteiger partial charge in [0.1, 0.15) is 5.82 Å². The van der Waals surface area contributed by atoms with E-state index in [2.05, 4.69) is 28.7 Å². The lowest BCUT2D eigenvalue weighted by molar-refractivity contribution is 0.0941. The Hall–Kier alpha value is -1.89. The zero-order chi connectivity index (χ0) is 16.8. The summed E-state index contributed by atoms with van der Waals surface area (Å²) in [5, 5.41) is 2.81. The van der Waals surface area contributed by atoms with E-state index in [0.29, 0.717) is 18.0 Å². The maximum absolute atomic E-state index is 12.3. The molecule has 2 aromatic rings. The van der Waals surface area contributed by atoms with Crippen molar-refractivity contribution >= 4 is 26.8 Å². The van der Waals surface area contributed by atoms with E-state index in [4.69, 9.17) is 0 Å². The van der Waals surface area contributed by atoms with Crippen molar-refractivity contribution in [2.24, 2.45) is 0 Å². The summed E-state index contributed by atoms with van der Waals surface area (Å²) in [7, 11) is -3.00. The van der Waals surface area contributed by atoms with Crippen LogP contribution in [0.3, 0.4) is 0 Å². The average Bonchev–Trinajstić information content (AvgIpc) is 2.96. The van der Waals surface area contributed by atoms with Crippen LogP contribution in [0.25, 0.3) is 11.0 Å². The van der Waals surface area contributed by atoms with E-state index >= 15 is 0 Å². The molecule has 1 atom stereocenters. The lowest BCUT2D eigenvalue weighted by Crippen LogP contribution is -2.35. The maximum Gasteiger partial charge on any atom is 0.251 e. The first kappa shape index (κ1) is 16.0. The highest BCUT2D eigenvalue weighted by molar-refractivity contribution is 7.91. The highest BCUT2D eigenvalue weighted by atomic mass is 32.2. The summed E-state index contributed by atoms with van der Waals surface area (Å²) in [6, 6.07) is 5.43. The number of hydrogen-bond acceptors (Lipinski definition) is 4. The second kappa shape index (κ2) is 5.63. The smallest absolute Gasteiger partial charge is 0.251 e. The van der Waals surface area contributed by atoms with E-state index in [-0.39, 0.29) is 23.5 Å². The predicted molar refractivity (Wildman–Crippen MR) is 89.4 cm³/mol. The van der Waals surface area contributed by atoms with Gasteiger partial charge in [-0.1, -0.05) is 0 Å². The number of carbonyl (C=O) groups is 1. The number of sulfone groups is 1. The van der Waals surface area contributed by atoms with Crippen molar-refractivity contribution < 1.29 is 13.2 Å². The summed E-state index contributed by atoms with van der Waals surface area (Å²) < 4.78 is 25.1. The monoisotopic (exact) mass is 335 g/mol. The highest BCUT2D eigenvalue weighted by Crippen LogP contribution is 2.22. The van der Waals surface area contributed by atoms with Crippen LogP contribution < -0.4 is 5.32 Å². The summed E-state index contributed by atoms with van der Waals surface area (Å²) in [6.07, 6.45) is 0.484. The first-order valence-corrected chi connectivity index (χ1v) is 9.59. The van der Waals surface area contributed by atoms with Gasteiger partial charge >= 0.3 is 0 Å². The first-order valence-electron chi connectivity index (χ1n) is 7.77. The first-order chi connectivity index (χ1) is 10.8.